The number of amides is 2. The molecule has 2 fully saturated rings. The lowest BCUT2D eigenvalue weighted by molar-refractivity contribution is -0.134. The van der Waals surface area contributed by atoms with Crippen LogP contribution in [0.3, 0.4) is 0 Å². The number of hydrogen-bond donors (Lipinski definition) is 1. The van der Waals surface area contributed by atoms with Crippen molar-refractivity contribution < 1.29 is 19.1 Å². The van der Waals surface area contributed by atoms with E-state index in [1.165, 1.54) is 0 Å². The fraction of sp³-hybridized carbons (Fsp3) is 0.652. The first-order chi connectivity index (χ1) is 14.4. The lowest BCUT2D eigenvalue weighted by Gasteiger charge is -2.33. The van der Waals surface area contributed by atoms with E-state index >= 15 is 0 Å². The molecule has 1 unspecified atom stereocenters. The van der Waals surface area contributed by atoms with Crippen molar-refractivity contribution in [3.05, 3.63) is 23.8 Å². The molecule has 30 heavy (non-hydrogen) atoms. The molecule has 2 saturated heterocycles. The van der Waals surface area contributed by atoms with Crippen molar-refractivity contribution in [2.24, 2.45) is 5.92 Å². The summed E-state index contributed by atoms with van der Waals surface area (Å²) in [5.74, 6) is 1.86. The van der Waals surface area contributed by atoms with Gasteiger partial charge in [0.1, 0.15) is 11.5 Å². The highest BCUT2D eigenvalue weighted by atomic mass is 16.5. The molecule has 2 aliphatic rings. The van der Waals surface area contributed by atoms with E-state index in [0.29, 0.717) is 6.54 Å². The van der Waals surface area contributed by atoms with E-state index in [9.17, 15) is 9.59 Å². The van der Waals surface area contributed by atoms with E-state index in [4.69, 9.17) is 9.47 Å². The number of nitrogens with one attached hydrogen (secondary N) is 1. The van der Waals surface area contributed by atoms with Crippen LogP contribution in [0.1, 0.15) is 51.1 Å². The fourth-order valence-corrected chi connectivity index (χ4v) is 4.52. The number of likely N-dealkylation sites (tertiary alicyclic amines) is 2. The fourth-order valence-electron chi connectivity index (χ4n) is 4.52. The number of methoxy groups -OCH3 is 2. The van der Waals surface area contributed by atoms with Crippen molar-refractivity contribution in [3.8, 4) is 11.5 Å². The topological polar surface area (TPSA) is 71.1 Å². The zero-order chi connectivity index (χ0) is 21.7. The first-order valence-corrected chi connectivity index (χ1v) is 11.0. The van der Waals surface area contributed by atoms with Gasteiger partial charge in [-0.1, -0.05) is 0 Å². The highest BCUT2D eigenvalue weighted by Crippen LogP contribution is 2.38. The van der Waals surface area contributed by atoms with Crippen molar-refractivity contribution >= 4 is 11.8 Å². The molecule has 2 aliphatic heterocycles. The van der Waals surface area contributed by atoms with Gasteiger partial charge in [0.05, 0.1) is 26.8 Å². The maximum Gasteiger partial charge on any atom is 0.237 e. The Morgan fingerprint density at radius 1 is 1.10 bits per heavy atom. The summed E-state index contributed by atoms with van der Waals surface area (Å²) in [6, 6.07) is 6.01. The molecule has 0 radical (unpaired) electrons. The summed E-state index contributed by atoms with van der Waals surface area (Å²) in [5.41, 5.74) is 1.04. The quantitative estimate of drug-likeness (QED) is 0.738. The Morgan fingerprint density at radius 3 is 2.47 bits per heavy atom. The van der Waals surface area contributed by atoms with E-state index in [0.717, 1.165) is 62.4 Å². The second kappa shape index (κ2) is 10.2. The van der Waals surface area contributed by atoms with E-state index in [-0.39, 0.29) is 29.8 Å². The molecule has 1 atom stereocenters. The van der Waals surface area contributed by atoms with Crippen molar-refractivity contribution in [1.29, 1.82) is 0 Å². The summed E-state index contributed by atoms with van der Waals surface area (Å²) in [6.45, 7) is 6.71. The number of rotatable bonds is 7. The third kappa shape index (κ3) is 5.25. The molecule has 1 aromatic rings. The number of ether oxygens (including phenoxy) is 2. The summed E-state index contributed by atoms with van der Waals surface area (Å²) in [7, 11) is 3.29. The average Bonchev–Trinajstić information content (AvgIpc) is 3.23. The van der Waals surface area contributed by atoms with Gasteiger partial charge in [0.15, 0.2) is 0 Å². The molecular formula is C23H35N3O4. The van der Waals surface area contributed by atoms with Gasteiger partial charge in [0, 0.05) is 30.1 Å². The van der Waals surface area contributed by atoms with Crippen LogP contribution >= 0.6 is 0 Å². The zero-order valence-corrected chi connectivity index (χ0v) is 18.6. The molecule has 2 heterocycles. The monoisotopic (exact) mass is 417 g/mol. The van der Waals surface area contributed by atoms with Crippen LogP contribution in [0.2, 0.25) is 0 Å². The number of hydrogen-bond acceptors (Lipinski definition) is 5. The van der Waals surface area contributed by atoms with Gasteiger partial charge >= 0.3 is 0 Å². The molecule has 166 valence electrons. The van der Waals surface area contributed by atoms with Gasteiger partial charge in [-0.2, -0.15) is 0 Å². The van der Waals surface area contributed by atoms with Gasteiger partial charge in [-0.3, -0.25) is 14.5 Å². The predicted molar refractivity (Wildman–Crippen MR) is 116 cm³/mol. The van der Waals surface area contributed by atoms with Crippen molar-refractivity contribution in [3.63, 3.8) is 0 Å². The van der Waals surface area contributed by atoms with Crippen LogP contribution in [0.25, 0.3) is 0 Å². The highest BCUT2D eigenvalue weighted by Gasteiger charge is 2.33. The van der Waals surface area contributed by atoms with Crippen LogP contribution in [-0.2, 0) is 9.59 Å². The Bertz CT molecular complexity index is 744. The Labute approximate surface area is 179 Å². The largest absolute Gasteiger partial charge is 0.497 e. The molecule has 0 aromatic heterocycles. The van der Waals surface area contributed by atoms with Crippen LogP contribution in [0.4, 0.5) is 0 Å². The molecule has 7 heteroatoms. The number of carbonyl (C=O) groups is 2. The van der Waals surface area contributed by atoms with Gasteiger partial charge in [-0.05, 0) is 64.8 Å². The summed E-state index contributed by atoms with van der Waals surface area (Å²) in [5, 5.41) is 3.00. The molecule has 7 nitrogen and oxygen atoms in total. The Balaban J connectivity index is 1.59. The third-order valence-corrected chi connectivity index (χ3v) is 6.12. The van der Waals surface area contributed by atoms with Crippen LogP contribution in [0, 0.1) is 5.92 Å². The van der Waals surface area contributed by atoms with Crippen LogP contribution in [0.5, 0.6) is 11.5 Å². The summed E-state index contributed by atoms with van der Waals surface area (Å²) in [6.07, 6.45) is 3.54. The van der Waals surface area contributed by atoms with E-state index in [1.807, 2.05) is 36.9 Å². The average molecular weight is 418 g/mol. The molecule has 0 aliphatic carbocycles. The first-order valence-electron chi connectivity index (χ1n) is 11.0. The third-order valence-electron chi connectivity index (χ3n) is 6.12. The lowest BCUT2D eigenvalue weighted by Crippen LogP contribution is -2.46. The summed E-state index contributed by atoms with van der Waals surface area (Å²) < 4.78 is 10.9. The minimum absolute atomic E-state index is 0.0349. The number of piperidine rings is 1. The normalized spacial score (nSPS) is 20.4. The molecule has 0 bridgehead atoms. The van der Waals surface area contributed by atoms with Crippen LogP contribution in [-0.4, -0.2) is 68.1 Å². The minimum atomic E-state index is 0.0349. The van der Waals surface area contributed by atoms with E-state index < -0.39 is 0 Å². The van der Waals surface area contributed by atoms with E-state index in [1.54, 1.807) is 14.2 Å². The minimum Gasteiger partial charge on any atom is -0.497 e. The molecule has 1 N–H and O–H groups in total. The van der Waals surface area contributed by atoms with Gasteiger partial charge in [0.25, 0.3) is 0 Å². The Morgan fingerprint density at radius 2 is 1.83 bits per heavy atom. The van der Waals surface area contributed by atoms with Gasteiger partial charge in [0.2, 0.25) is 11.8 Å². The summed E-state index contributed by atoms with van der Waals surface area (Å²) in [4.78, 5) is 29.5. The van der Waals surface area contributed by atoms with E-state index in [2.05, 4.69) is 10.2 Å². The molecule has 3 rings (SSSR count). The SMILES string of the molecule is COc1ccc(C2CCCN2C(=O)CN2CCC(C(=O)NC(C)C)CC2)c(OC)c1. The molecular weight excluding hydrogens is 382 g/mol. The van der Waals surface area contributed by atoms with Crippen LogP contribution in [0.15, 0.2) is 18.2 Å². The van der Waals surface area contributed by atoms with Gasteiger partial charge in [-0.15, -0.1) is 0 Å². The lowest BCUT2D eigenvalue weighted by atomic mass is 9.95. The number of carbonyl (C=O) groups excluding carboxylic acids is 2. The van der Waals surface area contributed by atoms with Gasteiger partial charge < -0.3 is 19.7 Å². The smallest absolute Gasteiger partial charge is 0.237 e. The zero-order valence-electron chi connectivity index (χ0n) is 18.6. The van der Waals surface area contributed by atoms with Crippen molar-refractivity contribution in [1.82, 2.24) is 15.1 Å². The van der Waals surface area contributed by atoms with Crippen LogP contribution < -0.4 is 14.8 Å². The predicted octanol–water partition coefficient (Wildman–Crippen LogP) is 2.60. The first kappa shape index (κ1) is 22.4. The molecule has 0 spiro atoms. The second-order valence-electron chi connectivity index (χ2n) is 8.57. The number of nitrogens with zero attached hydrogens (tertiary/aromatic N) is 2. The molecule has 0 saturated carbocycles. The summed E-state index contributed by atoms with van der Waals surface area (Å²) >= 11 is 0. The Kier molecular flexibility index (Phi) is 7.58. The van der Waals surface area contributed by atoms with Gasteiger partial charge in [-0.25, -0.2) is 0 Å². The maximum absolute atomic E-state index is 13.1. The highest BCUT2D eigenvalue weighted by molar-refractivity contribution is 5.80. The van der Waals surface area contributed by atoms with Crippen molar-refractivity contribution in [2.75, 3.05) is 40.4 Å². The maximum atomic E-state index is 13.1. The Hall–Kier alpha value is -2.28. The van der Waals surface area contributed by atoms with Crippen molar-refractivity contribution in [2.45, 2.75) is 51.6 Å². The molecule has 1 aromatic carbocycles. The number of benzene rings is 1. The second-order valence-corrected chi connectivity index (χ2v) is 8.57. The molecule has 2 amide bonds. The standard InChI is InChI=1S/C23H35N3O4/c1-16(2)24-23(28)17-9-12-25(13-10-17)15-22(27)26-11-5-6-20(26)19-8-7-18(29-3)14-21(19)30-4/h7-8,14,16-17,20H,5-6,9-13,15H2,1-4H3,(H,24,28).